The fraction of sp³-hybridized carbons (Fsp3) is 0.238. The summed E-state index contributed by atoms with van der Waals surface area (Å²) in [6.45, 7) is 2.55. The fourth-order valence-corrected chi connectivity index (χ4v) is 3.33. The molecule has 0 radical (unpaired) electrons. The van der Waals surface area contributed by atoms with Crippen LogP contribution in [-0.2, 0) is 17.8 Å². The van der Waals surface area contributed by atoms with Gasteiger partial charge in [0.15, 0.2) is 5.13 Å². The van der Waals surface area contributed by atoms with E-state index in [0.29, 0.717) is 17.4 Å². The lowest BCUT2D eigenvalue weighted by molar-refractivity contribution is -0.120. The van der Waals surface area contributed by atoms with Gasteiger partial charge in [-0.25, -0.2) is 4.98 Å². The minimum atomic E-state index is -0.0589. The molecule has 3 rings (SSSR count). The van der Waals surface area contributed by atoms with Gasteiger partial charge in [0.2, 0.25) is 5.91 Å². The number of hydrogen-bond acceptors (Lipinski definition) is 6. The lowest BCUT2D eigenvalue weighted by Gasteiger charge is -2.10. The maximum atomic E-state index is 12.2. The van der Waals surface area contributed by atoms with Crippen LogP contribution in [0.15, 0.2) is 47.8 Å². The zero-order chi connectivity index (χ0) is 19.9. The van der Waals surface area contributed by atoms with E-state index in [0.717, 1.165) is 22.7 Å². The monoisotopic (exact) mass is 397 g/mol. The number of anilines is 2. The van der Waals surface area contributed by atoms with E-state index >= 15 is 0 Å². The first kappa shape index (κ1) is 19.7. The van der Waals surface area contributed by atoms with Crippen molar-refractivity contribution in [2.75, 3.05) is 19.5 Å². The third-order valence-corrected chi connectivity index (χ3v) is 4.96. The smallest absolute Gasteiger partial charge is 0.226 e. The average molecular weight is 398 g/mol. The summed E-state index contributed by atoms with van der Waals surface area (Å²) >= 11 is 1.44. The van der Waals surface area contributed by atoms with Crippen LogP contribution < -0.4 is 20.1 Å². The zero-order valence-electron chi connectivity index (χ0n) is 16.1. The second-order valence-electron chi connectivity index (χ2n) is 6.27. The summed E-state index contributed by atoms with van der Waals surface area (Å²) in [5.41, 5.74) is 3.75. The van der Waals surface area contributed by atoms with Gasteiger partial charge in [-0.05, 0) is 24.6 Å². The van der Waals surface area contributed by atoms with Gasteiger partial charge in [-0.3, -0.25) is 4.79 Å². The van der Waals surface area contributed by atoms with Crippen LogP contribution in [0.25, 0.3) is 0 Å². The van der Waals surface area contributed by atoms with Crippen LogP contribution in [0.1, 0.15) is 16.8 Å². The van der Waals surface area contributed by atoms with Crippen molar-refractivity contribution >= 4 is 28.1 Å². The number of carbonyl (C=O) groups is 1. The van der Waals surface area contributed by atoms with Crippen LogP contribution in [0, 0.1) is 6.92 Å². The van der Waals surface area contributed by atoms with Crippen molar-refractivity contribution in [1.82, 2.24) is 10.3 Å². The molecule has 146 valence electrons. The topological polar surface area (TPSA) is 72.5 Å². The second kappa shape index (κ2) is 9.23. The lowest BCUT2D eigenvalue weighted by Crippen LogP contribution is -2.24. The van der Waals surface area contributed by atoms with E-state index in [1.165, 1.54) is 16.9 Å². The molecule has 1 heterocycles. The molecule has 2 aromatic carbocycles. The Balaban J connectivity index is 1.58. The van der Waals surface area contributed by atoms with Gasteiger partial charge < -0.3 is 20.1 Å². The molecule has 0 aliphatic rings. The summed E-state index contributed by atoms with van der Waals surface area (Å²) in [6.07, 6.45) is 0.235. The van der Waals surface area contributed by atoms with Gasteiger partial charge in [-0.2, -0.15) is 0 Å². The van der Waals surface area contributed by atoms with Crippen molar-refractivity contribution in [2.24, 2.45) is 0 Å². The summed E-state index contributed by atoms with van der Waals surface area (Å²) in [5.74, 6) is 1.35. The van der Waals surface area contributed by atoms with Crippen molar-refractivity contribution in [1.29, 1.82) is 0 Å². The Hall–Kier alpha value is -3.06. The van der Waals surface area contributed by atoms with E-state index in [1.807, 2.05) is 54.8 Å². The summed E-state index contributed by atoms with van der Waals surface area (Å²) < 4.78 is 10.6. The first-order chi connectivity index (χ1) is 13.6. The number of amides is 1. The molecule has 0 saturated carbocycles. The van der Waals surface area contributed by atoms with Crippen molar-refractivity contribution in [3.8, 4) is 11.5 Å². The van der Waals surface area contributed by atoms with Gasteiger partial charge in [-0.1, -0.05) is 29.8 Å². The van der Waals surface area contributed by atoms with E-state index in [1.54, 1.807) is 14.2 Å². The number of thiazole rings is 1. The number of rotatable bonds is 8. The molecule has 0 aliphatic carbocycles. The first-order valence-corrected chi connectivity index (χ1v) is 9.71. The molecule has 0 bridgehead atoms. The van der Waals surface area contributed by atoms with Crippen molar-refractivity contribution < 1.29 is 14.3 Å². The van der Waals surface area contributed by atoms with Crippen LogP contribution in [0.2, 0.25) is 0 Å². The summed E-state index contributed by atoms with van der Waals surface area (Å²) in [5, 5.41) is 8.72. The van der Waals surface area contributed by atoms with Crippen molar-refractivity contribution in [2.45, 2.75) is 19.9 Å². The number of ether oxygens (including phenoxy) is 2. The van der Waals surface area contributed by atoms with Crippen LogP contribution in [-0.4, -0.2) is 25.1 Å². The Labute approximate surface area is 168 Å². The van der Waals surface area contributed by atoms with E-state index in [9.17, 15) is 4.79 Å². The molecule has 0 spiro atoms. The maximum absolute atomic E-state index is 12.2. The molecule has 3 aromatic rings. The Morgan fingerprint density at radius 1 is 1.11 bits per heavy atom. The predicted octanol–water partition coefficient (Wildman–Crippen LogP) is 4.07. The average Bonchev–Trinajstić information content (AvgIpc) is 3.14. The fourth-order valence-electron chi connectivity index (χ4n) is 2.61. The van der Waals surface area contributed by atoms with Gasteiger partial charge in [0, 0.05) is 18.0 Å². The van der Waals surface area contributed by atoms with E-state index in [-0.39, 0.29) is 12.3 Å². The number of carbonyl (C=O) groups excluding carboxylic acids is 1. The quantitative estimate of drug-likeness (QED) is 0.599. The molecule has 6 nitrogen and oxygen atoms in total. The Kier molecular flexibility index (Phi) is 6.49. The van der Waals surface area contributed by atoms with Gasteiger partial charge in [0.1, 0.15) is 11.5 Å². The number of nitrogens with zero attached hydrogens (tertiary/aromatic N) is 1. The minimum Gasteiger partial charge on any atom is -0.497 e. The predicted molar refractivity (Wildman–Crippen MR) is 112 cm³/mol. The van der Waals surface area contributed by atoms with Crippen LogP contribution >= 0.6 is 11.3 Å². The van der Waals surface area contributed by atoms with Crippen molar-refractivity contribution in [3.05, 3.63) is 64.7 Å². The lowest BCUT2D eigenvalue weighted by atomic mass is 10.1. The molecule has 0 saturated heterocycles. The molecule has 0 fully saturated rings. The van der Waals surface area contributed by atoms with E-state index < -0.39 is 0 Å². The highest BCUT2D eigenvalue weighted by Crippen LogP contribution is 2.32. The highest BCUT2D eigenvalue weighted by Gasteiger charge is 2.11. The number of benzene rings is 2. The molecular weight excluding hydrogens is 374 g/mol. The molecule has 0 atom stereocenters. The number of hydrogen-bond donors (Lipinski definition) is 2. The molecule has 0 unspecified atom stereocenters. The molecule has 28 heavy (non-hydrogen) atoms. The summed E-state index contributed by atoms with van der Waals surface area (Å²) in [7, 11) is 3.22. The highest BCUT2D eigenvalue weighted by atomic mass is 32.1. The highest BCUT2D eigenvalue weighted by molar-refractivity contribution is 7.13. The van der Waals surface area contributed by atoms with Gasteiger partial charge in [-0.15, -0.1) is 11.3 Å². The number of aryl methyl sites for hydroxylation is 1. The van der Waals surface area contributed by atoms with Crippen LogP contribution in [0.3, 0.4) is 0 Å². The third-order valence-electron chi connectivity index (χ3n) is 4.15. The normalized spacial score (nSPS) is 10.4. The van der Waals surface area contributed by atoms with Gasteiger partial charge in [0.25, 0.3) is 0 Å². The Morgan fingerprint density at radius 3 is 2.61 bits per heavy atom. The number of nitrogens with one attached hydrogen (secondary N) is 2. The third kappa shape index (κ3) is 5.23. The van der Waals surface area contributed by atoms with Crippen LogP contribution in [0.4, 0.5) is 10.8 Å². The number of aromatic nitrogens is 1. The zero-order valence-corrected chi connectivity index (χ0v) is 16.9. The first-order valence-electron chi connectivity index (χ1n) is 8.83. The van der Waals surface area contributed by atoms with Gasteiger partial charge in [0.05, 0.1) is 32.0 Å². The standard InChI is InChI=1S/C21H23N3O3S/c1-14-4-6-15(7-5-14)12-22-20(25)10-16-13-28-21(23-16)24-18-11-17(26-2)8-9-19(18)27-3/h4-9,11,13H,10,12H2,1-3H3,(H,22,25)(H,23,24). The van der Waals surface area contributed by atoms with E-state index in [2.05, 4.69) is 15.6 Å². The molecule has 7 heteroatoms. The Morgan fingerprint density at radius 2 is 1.89 bits per heavy atom. The number of methoxy groups -OCH3 is 2. The molecule has 1 amide bonds. The van der Waals surface area contributed by atoms with Crippen molar-refractivity contribution in [3.63, 3.8) is 0 Å². The molecule has 2 N–H and O–H groups in total. The largest absolute Gasteiger partial charge is 0.497 e. The van der Waals surface area contributed by atoms with Gasteiger partial charge >= 0.3 is 0 Å². The molecule has 0 aliphatic heterocycles. The second-order valence-corrected chi connectivity index (χ2v) is 7.13. The minimum absolute atomic E-state index is 0.0589. The maximum Gasteiger partial charge on any atom is 0.226 e. The molecular formula is C21H23N3O3S. The SMILES string of the molecule is COc1ccc(OC)c(Nc2nc(CC(=O)NCc3ccc(C)cc3)cs2)c1. The summed E-state index contributed by atoms with van der Waals surface area (Å²) in [4.78, 5) is 16.7. The molecule has 1 aromatic heterocycles. The van der Waals surface area contributed by atoms with E-state index in [4.69, 9.17) is 9.47 Å². The van der Waals surface area contributed by atoms with Crippen LogP contribution in [0.5, 0.6) is 11.5 Å². The summed E-state index contributed by atoms with van der Waals surface area (Å²) in [6, 6.07) is 13.6. The Bertz CT molecular complexity index is 938.